The van der Waals surface area contributed by atoms with E-state index in [9.17, 15) is 4.79 Å². The van der Waals surface area contributed by atoms with Crippen LogP contribution >= 0.6 is 22.9 Å². The molecule has 118 valence electrons. The van der Waals surface area contributed by atoms with Crippen molar-refractivity contribution in [2.45, 2.75) is 13.1 Å². The Kier molecular flexibility index (Phi) is 4.59. The van der Waals surface area contributed by atoms with Gasteiger partial charge in [-0.15, -0.1) is 16.4 Å². The molecule has 0 saturated heterocycles. The normalized spacial score (nSPS) is 10.7. The lowest BCUT2D eigenvalue weighted by Gasteiger charge is -2.04. The number of halogens is 1. The maximum Gasteiger partial charge on any atom is 0.276 e. The van der Waals surface area contributed by atoms with Crippen LogP contribution in [0.1, 0.15) is 20.9 Å². The topological polar surface area (TPSA) is 85.8 Å². The summed E-state index contributed by atoms with van der Waals surface area (Å²) < 4.78 is 1.49. The number of amides is 1. The molecular weight excluding hydrogens is 334 g/mol. The van der Waals surface area contributed by atoms with Crippen molar-refractivity contribution in [2.75, 3.05) is 5.73 Å². The van der Waals surface area contributed by atoms with Gasteiger partial charge < -0.3 is 11.1 Å². The van der Waals surface area contributed by atoms with Gasteiger partial charge in [0.25, 0.3) is 5.91 Å². The van der Waals surface area contributed by atoms with Crippen LogP contribution in [0.3, 0.4) is 0 Å². The summed E-state index contributed by atoms with van der Waals surface area (Å²) in [4.78, 5) is 13.2. The van der Waals surface area contributed by atoms with E-state index in [1.807, 2.05) is 29.6 Å². The summed E-state index contributed by atoms with van der Waals surface area (Å²) in [5.41, 5.74) is 7.09. The largest absolute Gasteiger partial charge is 0.382 e. The average Bonchev–Trinajstić information content (AvgIpc) is 3.18. The van der Waals surface area contributed by atoms with Gasteiger partial charge in [-0.05, 0) is 29.1 Å². The summed E-state index contributed by atoms with van der Waals surface area (Å²) in [6.45, 7) is 0.869. The number of nitrogens with two attached hydrogens (primary N) is 1. The van der Waals surface area contributed by atoms with Crippen LogP contribution in [0.4, 0.5) is 5.82 Å². The quantitative estimate of drug-likeness (QED) is 0.742. The van der Waals surface area contributed by atoms with E-state index >= 15 is 0 Å². The molecule has 3 rings (SSSR count). The van der Waals surface area contributed by atoms with Crippen molar-refractivity contribution >= 4 is 34.7 Å². The second-order valence-electron chi connectivity index (χ2n) is 4.87. The van der Waals surface area contributed by atoms with Crippen LogP contribution < -0.4 is 11.1 Å². The van der Waals surface area contributed by atoms with E-state index in [0.29, 0.717) is 18.1 Å². The van der Waals surface area contributed by atoms with E-state index in [1.54, 1.807) is 23.5 Å². The zero-order valence-corrected chi connectivity index (χ0v) is 13.6. The minimum Gasteiger partial charge on any atom is -0.382 e. The minimum atomic E-state index is -0.335. The smallest absolute Gasteiger partial charge is 0.276 e. The molecular formula is C15H14ClN5OS. The molecule has 2 aromatic heterocycles. The summed E-state index contributed by atoms with van der Waals surface area (Å²) in [5.74, 6) is -0.0955. The third-order valence-electron chi connectivity index (χ3n) is 3.24. The number of nitrogen functional groups attached to an aromatic ring is 1. The maximum atomic E-state index is 12.2. The number of nitrogens with zero attached hydrogens (tertiary/aromatic N) is 3. The lowest BCUT2D eigenvalue weighted by atomic mass is 10.2. The predicted molar refractivity (Wildman–Crippen MR) is 90.5 cm³/mol. The molecule has 6 nitrogen and oxygen atoms in total. The van der Waals surface area contributed by atoms with Crippen molar-refractivity contribution in [3.63, 3.8) is 0 Å². The molecule has 3 N–H and O–H groups in total. The number of carbonyl (C=O) groups excluding carboxylic acids is 1. The Morgan fingerprint density at radius 1 is 1.30 bits per heavy atom. The minimum absolute atomic E-state index is 0.135. The highest BCUT2D eigenvalue weighted by Gasteiger charge is 2.17. The van der Waals surface area contributed by atoms with Gasteiger partial charge in [0.15, 0.2) is 11.5 Å². The molecule has 0 saturated carbocycles. The second kappa shape index (κ2) is 6.80. The van der Waals surface area contributed by atoms with E-state index in [-0.39, 0.29) is 17.4 Å². The summed E-state index contributed by atoms with van der Waals surface area (Å²) >= 11 is 7.43. The molecule has 0 spiro atoms. The Morgan fingerprint density at radius 3 is 2.78 bits per heavy atom. The molecule has 0 atom stereocenters. The fourth-order valence-corrected chi connectivity index (χ4v) is 2.80. The SMILES string of the molecule is Nc1c(C(=O)NCc2cccs2)nnn1Cc1ccc(Cl)cc1. The number of carbonyl (C=O) groups is 1. The standard InChI is InChI=1S/C15H14ClN5OS/c16-11-5-3-10(4-6-11)9-21-14(17)13(19-20-21)15(22)18-8-12-2-1-7-23-12/h1-7H,8-9,17H2,(H,18,22). The van der Waals surface area contributed by atoms with Crippen LogP contribution in [0.25, 0.3) is 0 Å². The van der Waals surface area contributed by atoms with E-state index in [4.69, 9.17) is 17.3 Å². The van der Waals surface area contributed by atoms with Crippen LogP contribution in [-0.4, -0.2) is 20.9 Å². The zero-order valence-electron chi connectivity index (χ0n) is 12.1. The number of aromatic nitrogens is 3. The van der Waals surface area contributed by atoms with Gasteiger partial charge in [0.05, 0.1) is 13.1 Å². The molecule has 1 aromatic carbocycles. The molecule has 0 radical (unpaired) electrons. The van der Waals surface area contributed by atoms with Gasteiger partial charge in [0.1, 0.15) is 0 Å². The first kappa shape index (κ1) is 15.5. The molecule has 0 unspecified atom stereocenters. The summed E-state index contributed by atoms with van der Waals surface area (Å²) in [6.07, 6.45) is 0. The molecule has 0 bridgehead atoms. The molecule has 3 aromatic rings. The first-order chi connectivity index (χ1) is 11.1. The molecule has 0 aliphatic rings. The van der Waals surface area contributed by atoms with Crippen molar-refractivity contribution in [1.29, 1.82) is 0 Å². The number of benzene rings is 1. The van der Waals surface area contributed by atoms with Crippen molar-refractivity contribution in [3.8, 4) is 0 Å². The molecule has 0 aliphatic carbocycles. The van der Waals surface area contributed by atoms with Gasteiger partial charge in [0, 0.05) is 9.90 Å². The molecule has 0 aliphatic heterocycles. The van der Waals surface area contributed by atoms with Crippen molar-refractivity contribution in [3.05, 3.63) is 62.9 Å². The van der Waals surface area contributed by atoms with Crippen molar-refractivity contribution in [1.82, 2.24) is 20.3 Å². The Balaban J connectivity index is 1.68. The van der Waals surface area contributed by atoms with Gasteiger partial charge in [-0.3, -0.25) is 4.79 Å². The predicted octanol–water partition coefficient (Wildman–Crippen LogP) is 2.55. The highest BCUT2D eigenvalue weighted by Crippen LogP contribution is 2.14. The fourth-order valence-electron chi connectivity index (χ4n) is 2.03. The Morgan fingerprint density at radius 2 is 2.09 bits per heavy atom. The summed E-state index contributed by atoms with van der Waals surface area (Å²) in [5, 5.41) is 13.2. The van der Waals surface area contributed by atoms with E-state index in [1.165, 1.54) is 4.68 Å². The van der Waals surface area contributed by atoms with Crippen LogP contribution in [0.5, 0.6) is 0 Å². The molecule has 8 heteroatoms. The lowest BCUT2D eigenvalue weighted by Crippen LogP contribution is -2.24. The highest BCUT2D eigenvalue weighted by molar-refractivity contribution is 7.09. The molecule has 1 amide bonds. The van der Waals surface area contributed by atoms with E-state index in [0.717, 1.165) is 10.4 Å². The van der Waals surface area contributed by atoms with Gasteiger partial charge in [-0.2, -0.15) is 0 Å². The zero-order chi connectivity index (χ0) is 16.2. The van der Waals surface area contributed by atoms with Gasteiger partial charge >= 0.3 is 0 Å². The van der Waals surface area contributed by atoms with Crippen LogP contribution in [0.2, 0.25) is 5.02 Å². The van der Waals surface area contributed by atoms with Crippen LogP contribution in [0, 0.1) is 0 Å². The van der Waals surface area contributed by atoms with E-state index < -0.39 is 0 Å². The highest BCUT2D eigenvalue weighted by atomic mass is 35.5. The maximum absolute atomic E-state index is 12.2. The number of thiophene rings is 1. The summed E-state index contributed by atoms with van der Waals surface area (Å²) in [7, 11) is 0. The first-order valence-corrected chi connectivity index (χ1v) is 8.13. The number of hydrogen-bond acceptors (Lipinski definition) is 5. The number of hydrogen-bond donors (Lipinski definition) is 2. The van der Waals surface area contributed by atoms with Gasteiger partial charge in [-0.25, -0.2) is 4.68 Å². The van der Waals surface area contributed by atoms with Crippen molar-refractivity contribution in [2.24, 2.45) is 0 Å². The third-order valence-corrected chi connectivity index (χ3v) is 4.37. The fraction of sp³-hybridized carbons (Fsp3) is 0.133. The van der Waals surface area contributed by atoms with Gasteiger partial charge in [0.2, 0.25) is 0 Å². The van der Waals surface area contributed by atoms with Gasteiger partial charge in [-0.1, -0.05) is 35.0 Å². The second-order valence-corrected chi connectivity index (χ2v) is 6.34. The molecule has 23 heavy (non-hydrogen) atoms. The Hall–Kier alpha value is -2.38. The third kappa shape index (κ3) is 3.69. The average molecular weight is 348 g/mol. The monoisotopic (exact) mass is 347 g/mol. The Bertz CT molecular complexity index is 798. The van der Waals surface area contributed by atoms with Crippen LogP contribution in [-0.2, 0) is 13.1 Å². The van der Waals surface area contributed by atoms with Crippen molar-refractivity contribution < 1.29 is 4.79 Å². The first-order valence-electron chi connectivity index (χ1n) is 6.87. The summed E-state index contributed by atoms with van der Waals surface area (Å²) in [6, 6.07) is 11.2. The number of rotatable bonds is 5. The Labute approximate surface area is 141 Å². The lowest BCUT2D eigenvalue weighted by molar-refractivity contribution is 0.0947. The number of nitrogens with one attached hydrogen (secondary N) is 1. The van der Waals surface area contributed by atoms with E-state index in [2.05, 4.69) is 15.6 Å². The van der Waals surface area contributed by atoms with Crippen LogP contribution in [0.15, 0.2) is 41.8 Å². The molecule has 2 heterocycles. The number of anilines is 1. The molecule has 0 fully saturated rings.